The molecule has 0 saturated heterocycles. The molecule has 0 amide bonds. The van der Waals surface area contributed by atoms with Gasteiger partial charge in [-0.3, -0.25) is 10.1 Å². The predicted molar refractivity (Wildman–Crippen MR) is 110 cm³/mol. The van der Waals surface area contributed by atoms with Crippen LogP contribution in [0.3, 0.4) is 0 Å². The maximum atomic E-state index is 11.9. The summed E-state index contributed by atoms with van der Waals surface area (Å²) >= 11 is 0. The maximum Gasteiger partial charge on any atom is 0.221 e. The van der Waals surface area contributed by atoms with Crippen LogP contribution in [0, 0.1) is 16.0 Å². The van der Waals surface area contributed by atoms with Crippen LogP contribution >= 0.6 is 0 Å². The topological polar surface area (TPSA) is 98.9 Å². The van der Waals surface area contributed by atoms with Gasteiger partial charge in [-0.2, -0.15) is 0 Å². The number of hydrogen-bond donors (Lipinski definition) is 1. The van der Waals surface area contributed by atoms with Crippen LogP contribution in [0.5, 0.6) is 0 Å². The molecule has 1 aliphatic rings. The Morgan fingerprint density at radius 3 is 1.97 bits per heavy atom. The first kappa shape index (κ1) is 22.1. The number of benzene rings is 2. The molecule has 2 aromatic carbocycles. The monoisotopic (exact) mass is 413 g/mol. The molecule has 5 atom stereocenters. The molecular weight excluding hydrogens is 386 g/mol. The van der Waals surface area contributed by atoms with Gasteiger partial charge >= 0.3 is 0 Å². The lowest BCUT2D eigenvalue weighted by molar-refractivity contribution is -0.543. The number of nitrogens with zero attached hydrogens (tertiary/aromatic N) is 1. The lowest BCUT2D eigenvalue weighted by Crippen LogP contribution is -2.57. The van der Waals surface area contributed by atoms with Crippen molar-refractivity contribution in [1.82, 2.24) is 0 Å². The summed E-state index contributed by atoms with van der Waals surface area (Å²) in [5.41, 5.74) is 1.82. The van der Waals surface area contributed by atoms with Crippen LogP contribution in [0.15, 0.2) is 60.7 Å². The molecule has 0 unspecified atom stereocenters. The third-order valence-corrected chi connectivity index (χ3v) is 5.47. The first-order valence-corrected chi connectivity index (χ1v) is 10.1. The molecule has 0 bridgehead atoms. The van der Waals surface area contributed by atoms with Crippen LogP contribution in [0.4, 0.5) is 0 Å². The maximum absolute atomic E-state index is 11.9. The van der Waals surface area contributed by atoms with Crippen LogP contribution in [0.1, 0.15) is 30.9 Å². The summed E-state index contributed by atoms with van der Waals surface area (Å²) in [7, 11) is 0. The van der Waals surface area contributed by atoms with Crippen LogP contribution in [0.25, 0.3) is 0 Å². The van der Waals surface area contributed by atoms with Crippen molar-refractivity contribution >= 4 is 5.78 Å². The highest BCUT2D eigenvalue weighted by Crippen LogP contribution is 2.35. The highest BCUT2D eigenvalue weighted by Gasteiger charge is 2.51. The van der Waals surface area contributed by atoms with E-state index in [0.717, 1.165) is 11.1 Å². The lowest BCUT2D eigenvalue weighted by Gasteiger charge is -2.41. The average Bonchev–Trinajstić information content (AvgIpc) is 2.73. The molecule has 30 heavy (non-hydrogen) atoms. The number of nitro groups is 1. The standard InChI is InChI=1S/C23H27NO6/c1-16(25)12-19-20(24(27)28)13-21(26)23(30-15-18-10-6-3-7-11-18)22(19)29-14-17-8-4-2-5-9-17/h2-11,19-23,26H,12-15H2,1H3/t19-,20+,21-,22+,23-/m1/s1. The Morgan fingerprint density at radius 2 is 1.50 bits per heavy atom. The van der Waals surface area contributed by atoms with Crippen molar-refractivity contribution in [3.8, 4) is 0 Å². The summed E-state index contributed by atoms with van der Waals surface area (Å²) in [4.78, 5) is 23.2. The summed E-state index contributed by atoms with van der Waals surface area (Å²) in [6.07, 6.45) is -2.68. The second-order valence-electron chi connectivity index (χ2n) is 7.75. The van der Waals surface area contributed by atoms with Gasteiger partial charge in [0.15, 0.2) is 0 Å². The number of hydrogen-bond acceptors (Lipinski definition) is 6. The van der Waals surface area contributed by atoms with E-state index in [-0.39, 0.29) is 31.8 Å². The lowest BCUT2D eigenvalue weighted by atomic mass is 9.76. The molecule has 0 aliphatic heterocycles. The number of rotatable bonds is 9. The van der Waals surface area contributed by atoms with E-state index in [9.17, 15) is 20.0 Å². The van der Waals surface area contributed by atoms with Crippen LogP contribution in [-0.4, -0.2) is 40.2 Å². The van der Waals surface area contributed by atoms with Crippen LogP contribution in [0.2, 0.25) is 0 Å². The zero-order chi connectivity index (χ0) is 21.5. The number of aliphatic hydroxyl groups excluding tert-OH is 1. The van der Waals surface area contributed by atoms with Crippen LogP contribution in [-0.2, 0) is 27.5 Å². The Balaban J connectivity index is 1.83. The minimum Gasteiger partial charge on any atom is -0.390 e. The zero-order valence-electron chi connectivity index (χ0n) is 16.9. The first-order chi connectivity index (χ1) is 14.5. The van der Waals surface area contributed by atoms with E-state index in [1.807, 2.05) is 60.7 Å². The fraction of sp³-hybridized carbons (Fsp3) is 0.435. The Bertz CT molecular complexity index is 828. The van der Waals surface area contributed by atoms with Crippen molar-refractivity contribution in [3.05, 3.63) is 81.9 Å². The van der Waals surface area contributed by atoms with Gasteiger partial charge in [0.2, 0.25) is 6.04 Å². The van der Waals surface area contributed by atoms with Crippen molar-refractivity contribution in [3.63, 3.8) is 0 Å². The van der Waals surface area contributed by atoms with E-state index in [1.54, 1.807) is 0 Å². The van der Waals surface area contributed by atoms with Gasteiger partial charge in [0.1, 0.15) is 11.9 Å². The summed E-state index contributed by atoms with van der Waals surface area (Å²) in [5, 5.41) is 22.4. The van der Waals surface area contributed by atoms with E-state index < -0.39 is 35.2 Å². The Hall–Kier alpha value is -2.61. The van der Waals surface area contributed by atoms with Gasteiger partial charge in [-0.1, -0.05) is 60.7 Å². The molecule has 160 valence electrons. The smallest absolute Gasteiger partial charge is 0.221 e. The van der Waals surface area contributed by atoms with Gasteiger partial charge in [0.05, 0.1) is 31.3 Å². The highest BCUT2D eigenvalue weighted by molar-refractivity contribution is 5.75. The second-order valence-corrected chi connectivity index (χ2v) is 7.75. The molecule has 7 heteroatoms. The molecule has 0 aromatic heterocycles. The Kier molecular flexibility index (Phi) is 7.68. The van der Waals surface area contributed by atoms with E-state index in [1.165, 1.54) is 6.92 Å². The molecule has 0 heterocycles. The predicted octanol–water partition coefficient (Wildman–Crippen LogP) is 3.16. The molecule has 1 saturated carbocycles. The normalized spacial score (nSPS) is 26.3. The minimum atomic E-state index is -1.07. The van der Waals surface area contributed by atoms with Gasteiger partial charge in [0, 0.05) is 17.8 Å². The summed E-state index contributed by atoms with van der Waals surface area (Å²) in [5.74, 6) is -0.830. The number of aliphatic hydroxyl groups is 1. The van der Waals surface area contributed by atoms with Crippen molar-refractivity contribution < 1.29 is 24.3 Å². The fourth-order valence-corrected chi connectivity index (χ4v) is 4.02. The van der Waals surface area contributed by atoms with Gasteiger partial charge in [0.25, 0.3) is 0 Å². The highest BCUT2D eigenvalue weighted by atomic mass is 16.6. The van der Waals surface area contributed by atoms with E-state index in [4.69, 9.17) is 9.47 Å². The number of carbonyl (C=O) groups excluding carboxylic acids is 1. The van der Waals surface area contributed by atoms with Crippen molar-refractivity contribution in [2.45, 2.75) is 57.3 Å². The van der Waals surface area contributed by atoms with Gasteiger partial charge in [-0.05, 0) is 18.1 Å². The van der Waals surface area contributed by atoms with E-state index in [0.29, 0.717) is 0 Å². The zero-order valence-corrected chi connectivity index (χ0v) is 16.9. The Morgan fingerprint density at radius 1 is 1.00 bits per heavy atom. The molecule has 3 rings (SSSR count). The summed E-state index contributed by atoms with van der Waals surface area (Å²) in [6.45, 7) is 1.86. The first-order valence-electron chi connectivity index (χ1n) is 10.1. The largest absolute Gasteiger partial charge is 0.390 e. The van der Waals surface area contributed by atoms with Crippen molar-refractivity contribution in [1.29, 1.82) is 0 Å². The van der Waals surface area contributed by atoms with Crippen molar-refractivity contribution in [2.75, 3.05) is 0 Å². The Labute approximate surface area is 175 Å². The summed E-state index contributed by atoms with van der Waals surface area (Å²) in [6, 6.07) is 17.9. The fourth-order valence-electron chi connectivity index (χ4n) is 4.02. The molecule has 1 N–H and O–H groups in total. The van der Waals surface area contributed by atoms with E-state index >= 15 is 0 Å². The summed E-state index contributed by atoms with van der Waals surface area (Å²) < 4.78 is 12.1. The van der Waals surface area contributed by atoms with Gasteiger partial charge < -0.3 is 19.4 Å². The molecule has 0 radical (unpaired) electrons. The number of ether oxygens (including phenoxy) is 2. The van der Waals surface area contributed by atoms with Gasteiger partial charge in [-0.25, -0.2) is 0 Å². The van der Waals surface area contributed by atoms with Gasteiger partial charge in [-0.15, -0.1) is 0 Å². The minimum absolute atomic E-state index is 0.00300. The molecule has 0 spiro atoms. The molecule has 1 aliphatic carbocycles. The number of Topliss-reactive ketones (excluding diaryl/α,β-unsaturated/α-hetero) is 1. The average molecular weight is 413 g/mol. The molecule has 1 fully saturated rings. The molecular formula is C23H27NO6. The number of carbonyl (C=O) groups is 1. The van der Waals surface area contributed by atoms with E-state index in [2.05, 4.69) is 0 Å². The van der Waals surface area contributed by atoms with Crippen LogP contribution < -0.4 is 0 Å². The quantitative estimate of drug-likeness (QED) is 0.501. The third-order valence-electron chi connectivity index (χ3n) is 5.47. The SMILES string of the molecule is CC(=O)C[C@H]1[C@H](OCc2ccccc2)[C@H](OCc2ccccc2)[C@H](O)C[C@@H]1[N+](=O)[O-]. The number of ketones is 1. The molecule has 2 aromatic rings. The third kappa shape index (κ3) is 5.72. The van der Waals surface area contributed by atoms with Crippen molar-refractivity contribution in [2.24, 2.45) is 5.92 Å². The molecule has 7 nitrogen and oxygen atoms in total. The second kappa shape index (κ2) is 10.4.